The number of alkyl halides is 2. The maximum atomic E-state index is 13.1. The molecule has 0 saturated carbocycles. The van der Waals surface area contributed by atoms with Gasteiger partial charge < -0.3 is 20.8 Å². The number of hydrogen-bond acceptors (Lipinski definition) is 9. The van der Waals surface area contributed by atoms with E-state index in [2.05, 4.69) is 20.6 Å². The highest BCUT2D eigenvalue weighted by atomic mass is 32.1. The Hall–Kier alpha value is -2.47. The average Bonchev–Trinajstić information content (AvgIpc) is 3.34. The van der Waals surface area contributed by atoms with Crippen molar-refractivity contribution in [3.05, 3.63) is 35.5 Å². The van der Waals surface area contributed by atoms with E-state index in [0.29, 0.717) is 29.6 Å². The molecule has 8 nitrogen and oxygen atoms in total. The molecular weight excluding hydrogens is 438 g/mol. The van der Waals surface area contributed by atoms with Gasteiger partial charge in [-0.15, -0.1) is 0 Å². The number of pyridine rings is 2. The zero-order valence-corrected chi connectivity index (χ0v) is 18.0. The van der Waals surface area contributed by atoms with Crippen LogP contribution < -0.4 is 10.6 Å². The van der Waals surface area contributed by atoms with Gasteiger partial charge in [-0.1, -0.05) is 11.3 Å². The number of nitrogens with one attached hydrogen (secondary N) is 2. The van der Waals surface area contributed by atoms with Crippen LogP contribution in [0.3, 0.4) is 0 Å². The van der Waals surface area contributed by atoms with Crippen LogP contribution in [0.4, 0.5) is 25.5 Å². The predicted molar refractivity (Wildman–Crippen MR) is 118 cm³/mol. The predicted octanol–water partition coefficient (Wildman–Crippen LogP) is 3.31. The van der Waals surface area contributed by atoms with Gasteiger partial charge in [0.15, 0.2) is 11.4 Å². The molecule has 5 rings (SSSR count). The normalized spacial score (nSPS) is 24.2. The number of anilines is 3. The van der Waals surface area contributed by atoms with Crippen molar-refractivity contribution in [2.24, 2.45) is 0 Å². The molecule has 0 aliphatic carbocycles. The van der Waals surface area contributed by atoms with E-state index in [9.17, 15) is 19.0 Å². The Balaban J connectivity index is 1.38. The monoisotopic (exact) mass is 462 g/mol. The number of halogens is 2. The molecule has 0 aromatic carbocycles. The third kappa shape index (κ3) is 4.13. The molecule has 3 aromatic heterocycles. The zero-order valence-electron chi connectivity index (χ0n) is 17.2. The second kappa shape index (κ2) is 8.81. The highest BCUT2D eigenvalue weighted by molar-refractivity contribution is 7.15. The topological polar surface area (TPSA) is 106 Å². The molecule has 11 heteroatoms. The summed E-state index contributed by atoms with van der Waals surface area (Å²) in [4.78, 5) is 15.8. The van der Waals surface area contributed by atoms with Gasteiger partial charge in [-0.3, -0.25) is 9.88 Å². The van der Waals surface area contributed by atoms with Gasteiger partial charge in [0.2, 0.25) is 0 Å². The van der Waals surface area contributed by atoms with Crippen LogP contribution in [0.15, 0.2) is 30.6 Å². The van der Waals surface area contributed by atoms with E-state index in [1.54, 1.807) is 17.3 Å². The van der Waals surface area contributed by atoms with Crippen LogP contribution in [0.2, 0.25) is 0 Å². The maximum Gasteiger partial charge on any atom is 0.277 e. The number of rotatable bonds is 7. The number of fused-ring (bicyclic) bond motifs is 3. The number of piperidine rings is 1. The Morgan fingerprint density at radius 2 is 2.00 bits per heavy atom. The fourth-order valence-electron chi connectivity index (χ4n) is 4.88. The minimum Gasteiger partial charge on any atom is -0.391 e. The molecule has 2 saturated heterocycles. The summed E-state index contributed by atoms with van der Waals surface area (Å²) in [5.41, 5.74) is 0.764. The molecule has 2 bridgehead atoms. The molecule has 0 radical (unpaired) electrons. The summed E-state index contributed by atoms with van der Waals surface area (Å²) >= 11 is 1.35. The largest absolute Gasteiger partial charge is 0.391 e. The van der Waals surface area contributed by atoms with Crippen molar-refractivity contribution in [3.63, 3.8) is 0 Å². The van der Waals surface area contributed by atoms with Crippen molar-refractivity contribution in [1.29, 1.82) is 0 Å². The van der Waals surface area contributed by atoms with E-state index >= 15 is 0 Å². The van der Waals surface area contributed by atoms with Crippen molar-refractivity contribution in [1.82, 2.24) is 19.9 Å². The SMILES string of the molecule is OCc1cnc(Nc2cc3ncccc3c(NC3C[C@H]4CC[C@@H](C3)N4C(O)C(F)F)n2)s1. The molecule has 4 N–H and O–H groups in total. The van der Waals surface area contributed by atoms with E-state index in [1.165, 1.54) is 11.3 Å². The Bertz CT molecular complexity index is 1090. The quantitative estimate of drug-likeness (QED) is 0.424. The summed E-state index contributed by atoms with van der Waals surface area (Å²) in [5.74, 6) is 1.25. The first kappa shape index (κ1) is 21.4. The first-order valence-electron chi connectivity index (χ1n) is 10.6. The van der Waals surface area contributed by atoms with Crippen molar-refractivity contribution in [2.45, 2.75) is 63.1 Å². The molecule has 4 atom stereocenters. The van der Waals surface area contributed by atoms with E-state index < -0.39 is 12.7 Å². The Kier molecular flexibility index (Phi) is 5.89. The second-order valence-electron chi connectivity index (χ2n) is 8.23. The smallest absolute Gasteiger partial charge is 0.277 e. The van der Waals surface area contributed by atoms with Crippen LogP contribution >= 0.6 is 11.3 Å². The number of hydrogen-bond donors (Lipinski definition) is 4. The van der Waals surface area contributed by atoms with E-state index in [1.807, 2.05) is 18.2 Å². The standard InChI is InChI=1S/C21H24F2N6O2S/c22-18(23)20(31)29-12-3-4-13(29)7-11(6-12)26-19-15-2-1-5-24-16(15)8-17(27-19)28-21-25-9-14(10-30)32-21/h1-2,5,8-9,11-13,18,20,30-31H,3-4,6-7,10H2,(H2,25,26,27,28)/t11?,12-,13+,20?. The van der Waals surface area contributed by atoms with Gasteiger partial charge in [0.1, 0.15) is 11.6 Å². The van der Waals surface area contributed by atoms with Gasteiger partial charge in [-0.05, 0) is 37.8 Å². The minimum absolute atomic E-state index is 0.0561. The lowest BCUT2D eigenvalue weighted by molar-refractivity contribution is -0.129. The van der Waals surface area contributed by atoms with Gasteiger partial charge in [-0.2, -0.15) is 0 Å². The third-order valence-electron chi connectivity index (χ3n) is 6.21. The number of thiazole rings is 1. The van der Waals surface area contributed by atoms with Crippen molar-refractivity contribution >= 4 is 39.0 Å². The minimum atomic E-state index is -2.76. The van der Waals surface area contributed by atoms with E-state index in [0.717, 1.165) is 28.6 Å². The van der Waals surface area contributed by atoms with Crippen molar-refractivity contribution in [3.8, 4) is 0 Å². The Morgan fingerprint density at radius 1 is 1.22 bits per heavy atom. The van der Waals surface area contributed by atoms with Crippen LogP contribution in [-0.2, 0) is 6.61 Å². The number of nitrogens with zero attached hydrogens (tertiary/aromatic N) is 4. The number of aliphatic hydroxyl groups is 2. The third-order valence-corrected chi connectivity index (χ3v) is 7.10. The summed E-state index contributed by atoms with van der Waals surface area (Å²) < 4.78 is 26.2. The lowest BCUT2D eigenvalue weighted by Crippen LogP contribution is -2.53. The van der Waals surface area contributed by atoms with Crippen LogP contribution in [0.1, 0.15) is 30.6 Å². The van der Waals surface area contributed by atoms with Crippen LogP contribution in [-0.4, -0.2) is 60.8 Å². The summed E-state index contributed by atoms with van der Waals surface area (Å²) in [6.45, 7) is -0.0693. The zero-order chi connectivity index (χ0) is 22.2. The van der Waals surface area contributed by atoms with Crippen LogP contribution in [0.5, 0.6) is 0 Å². The molecule has 32 heavy (non-hydrogen) atoms. The lowest BCUT2D eigenvalue weighted by Gasteiger charge is -2.41. The average molecular weight is 463 g/mol. The molecule has 170 valence electrons. The van der Waals surface area contributed by atoms with Crippen molar-refractivity contribution < 1.29 is 19.0 Å². The van der Waals surface area contributed by atoms with Gasteiger partial charge in [0.25, 0.3) is 6.43 Å². The maximum absolute atomic E-state index is 13.1. The first-order valence-corrected chi connectivity index (χ1v) is 11.4. The van der Waals surface area contributed by atoms with Crippen molar-refractivity contribution in [2.75, 3.05) is 10.6 Å². The molecular formula is C21H24F2N6O2S. The van der Waals surface area contributed by atoms with Crippen LogP contribution in [0, 0.1) is 0 Å². The highest BCUT2D eigenvalue weighted by Gasteiger charge is 2.46. The second-order valence-corrected chi connectivity index (χ2v) is 9.35. The lowest BCUT2D eigenvalue weighted by atomic mass is 9.96. The van der Waals surface area contributed by atoms with Gasteiger partial charge in [0.05, 0.1) is 17.0 Å². The van der Waals surface area contributed by atoms with E-state index in [4.69, 9.17) is 4.98 Å². The Labute approximate surface area is 187 Å². The molecule has 3 aromatic rings. The fraction of sp³-hybridized carbons (Fsp3) is 0.476. The molecule has 0 spiro atoms. The number of aliphatic hydroxyl groups excluding tert-OH is 2. The summed E-state index contributed by atoms with van der Waals surface area (Å²) in [7, 11) is 0. The molecule has 0 amide bonds. The number of aromatic nitrogens is 3. The highest BCUT2D eigenvalue weighted by Crippen LogP contribution is 2.39. The van der Waals surface area contributed by atoms with Gasteiger partial charge in [0, 0.05) is 42.0 Å². The summed E-state index contributed by atoms with van der Waals surface area (Å²) in [5, 5.41) is 27.4. The molecule has 2 fully saturated rings. The van der Waals surface area contributed by atoms with Gasteiger partial charge in [-0.25, -0.2) is 18.7 Å². The fourth-order valence-corrected chi connectivity index (χ4v) is 5.56. The van der Waals surface area contributed by atoms with E-state index in [-0.39, 0.29) is 24.7 Å². The summed E-state index contributed by atoms with van der Waals surface area (Å²) in [6, 6.07) is 5.54. The molecule has 2 unspecified atom stereocenters. The van der Waals surface area contributed by atoms with Gasteiger partial charge >= 0.3 is 0 Å². The molecule has 2 aliphatic rings. The molecule has 5 heterocycles. The van der Waals surface area contributed by atoms with Crippen LogP contribution in [0.25, 0.3) is 10.9 Å². The molecule has 2 aliphatic heterocycles. The summed E-state index contributed by atoms with van der Waals surface area (Å²) in [6.07, 6.45) is 1.80. The Morgan fingerprint density at radius 3 is 2.69 bits per heavy atom. The first-order chi connectivity index (χ1) is 15.5.